The highest BCUT2D eigenvalue weighted by atomic mass is 16.6. The maximum atomic E-state index is 11.1. The Kier molecular flexibility index (Phi) is 6.34. The van der Waals surface area contributed by atoms with E-state index in [1.165, 1.54) is 7.11 Å². The number of esters is 1. The van der Waals surface area contributed by atoms with Gasteiger partial charge in [-0.2, -0.15) is 0 Å². The van der Waals surface area contributed by atoms with Crippen LogP contribution in [0.1, 0.15) is 19.8 Å². The zero-order valence-electron chi connectivity index (χ0n) is 7.87. The second-order valence-electron chi connectivity index (χ2n) is 2.26. The van der Waals surface area contributed by atoms with Gasteiger partial charge in [-0.25, -0.2) is 4.79 Å². The molecular formula is C9H13NO3. The summed E-state index contributed by atoms with van der Waals surface area (Å²) in [6.07, 6.45) is 6.78. The molecule has 4 nitrogen and oxygen atoms in total. The van der Waals surface area contributed by atoms with Crippen LogP contribution in [0.2, 0.25) is 0 Å². The van der Waals surface area contributed by atoms with Gasteiger partial charge in [-0.15, -0.1) is 6.42 Å². The Morgan fingerprint density at radius 3 is 2.77 bits per heavy atom. The number of carbonyl (C=O) groups is 1. The molecule has 0 radical (unpaired) electrons. The summed E-state index contributed by atoms with van der Waals surface area (Å²) in [6.45, 7) is 2.36. The number of nitrogens with zero attached hydrogens (tertiary/aromatic N) is 1. The van der Waals surface area contributed by atoms with E-state index in [0.29, 0.717) is 6.61 Å². The predicted octanol–water partition coefficient (Wildman–Crippen LogP) is 0.965. The monoisotopic (exact) mass is 183 g/mol. The lowest BCUT2D eigenvalue weighted by atomic mass is 10.3. The summed E-state index contributed by atoms with van der Waals surface area (Å²) in [4.78, 5) is 15.4. The van der Waals surface area contributed by atoms with Crippen molar-refractivity contribution in [2.45, 2.75) is 19.8 Å². The molecule has 0 bridgehead atoms. The Balaban J connectivity index is 3.95. The van der Waals surface area contributed by atoms with E-state index >= 15 is 0 Å². The molecule has 0 amide bonds. The van der Waals surface area contributed by atoms with Gasteiger partial charge < -0.3 is 9.57 Å². The summed E-state index contributed by atoms with van der Waals surface area (Å²) in [7, 11) is 1.32. The van der Waals surface area contributed by atoms with Crippen molar-refractivity contribution in [1.29, 1.82) is 0 Å². The highest BCUT2D eigenvalue weighted by Crippen LogP contribution is 1.91. The first-order valence-corrected chi connectivity index (χ1v) is 4.01. The molecule has 0 spiro atoms. The molecule has 72 valence electrons. The predicted molar refractivity (Wildman–Crippen MR) is 49.1 cm³/mol. The Bertz CT molecular complexity index is 228. The summed E-state index contributed by atoms with van der Waals surface area (Å²) in [6, 6.07) is 0. The molecule has 13 heavy (non-hydrogen) atoms. The molecule has 4 heteroatoms. The van der Waals surface area contributed by atoms with E-state index in [9.17, 15) is 4.79 Å². The van der Waals surface area contributed by atoms with Crippen molar-refractivity contribution < 1.29 is 14.4 Å². The van der Waals surface area contributed by atoms with Crippen LogP contribution < -0.4 is 0 Å². The van der Waals surface area contributed by atoms with E-state index in [1.807, 2.05) is 6.92 Å². The SMILES string of the molecule is C#CC(=NOC)C(=O)OCCCC. The van der Waals surface area contributed by atoms with Crippen molar-refractivity contribution in [3.05, 3.63) is 0 Å². The van der Waals surface area contributed by atoms with Crippen LogP contribution in [0.15, 0.2) is 5.16 Å². The van der Waals surface area contributed by atoms with Crippen LogP contribution >= 0.6 is 0 Å². The standard InChI is InChI=1S/C9H13NO3/c1-4-6-7-13-9(11)8(5-2)10-12-3/h2H,4,6-7H2,1,3H3. The van der Waals surface area contributed by atoms with Gasteiger partial charge in [0.15, 0.2) is 0 Å². The van der Waals surface area contributed by atoms with Crippen molar-refractivity contribution >= 4 is 11.7 Å². The third-order valence-electron chi connectivity index (χ3n) is 1.24. The van der Waals surface area contributed by atoms with Crippen LogP contribution in [0, 0.1) is 12.3 Å². The fourth-order valence-electron chi connectivity index (χ4n) is 0.591. The van der Waals surface area contributed by atoms with E-state index in [4.69, 9.17) is 11.2 Å². The van der Waals surface area contributed by atoms with Crippen LogP contribution in [0.4, 0.5) is 0 Å². The molecule has 0 aliphatic carbocycles. The molecule has 0 aromatic heterocycles. The van der Waals surface area contributed by atoms with E-state index in [0.717, 1.165) is 12.8 Å². The minimum atomic E-state index is -0.613. The van der Waals surface area contributed by atoms with E-state index in [2.05, 4.69) is 15.9 Å². The minimum Gasteiger partial charge on any atom is -0.460 e. The molecule has 0 aromatic rings. The molecular weight excluding hydrogens is 170 g/mol. The number of hydrogen-bond donors (Lipinski definition) is 0. The molecule has 0 N–H and O–H groups in total. The average molecular weight is 183 g/mol. The van der Waals surface area contributed by atoms with E-state index in [1.54, 1.807) is 0 Å². The third kappa shape index (κ3) is 4.86. The van der Waals surface area contributed by atoms with Gasteiger partial charge in [0.2, 0.25) is 5.71 Å². The zero-order chi connectivity index (χ0) is 10.1. The van der Waals surface area contributed by atoms with Crippen molar-refractivity contribution in [2.75, 3.05) is 13.7 Å². The van der Waals surface area contributed by atoms with Crippen LogP contribution in [-0.4, -0.2) is 25.4 Å². The molecule has 0 saturated heterocycles. The highest BCUT2D eigenvalue weighted by molar-refractivity contribution is 6.43. The smallest absolute Gasteiger partial charge is 0.369 e. The van der Waals surface area contributed by atoms with Gasteiger partial charge in [0, 0.05) is 0 Å². The fourth-order valence-corrected chi connectivity index (χ4v) is 0.591. The lowest BCUT2D eigenvalue weighted by Crippen LogP contribution is -2.16. The second-order valence-corrected chi connectivity index (χ2v) is 2.26. The van der Waals surface area contributed by atoms with Crippen LogP contribution in [0.3, 0.4) is 0 Å². The maximum absolute atomic E-state index is 11.1. The molecule has 0 aliphatic rings. The first-order chi connectivity index (χ1) is 6.26. The molecule has 0 unspecified atom stereocenters. The summed E-state index contributed by atoms with van der Waals surface area (Å²) >= 11 is 0. The normalized spacial score (nSPS) is 10.4. The third-order valence-corrected chi connectivity index (χ3v) is 1.24. The largest absolute Gasteiger partial charge is 0.460 e. The maximum Gasteiger partial charge on any atom is 0.369 e. The van der Waals surface area contributed by atoms with Gasteiger partial charge in [-0.05, 0) is 12.3 Å². The molecule has 0 fully saturated rings. The number of oxime groups is 1. The van der Waals surface area contributed by atoms with E-state index < -0.39 is 5.97 Å². The lowest BCUT2D eigenvalue weighted by Gasteiger charge is -2.01. The molecule has 0 saturated carbocycles. The second kappa shape index (κ2) is 7.17. The number of carbonyl (C=O) groups excluding carboxylic acids is 1. The number of hydrogen-bond acceptors (Lipinski definition) is 4. The average Bonchev–Trinajstić information content (AvgIpc) is 2.14. The summed E-state index contributed by atoms with van der Waals surface area (Å²) in [5, 5.41) is 3.33. The first-order valence-electron chi connectivity index (χ1n) is 4.01. The van der Waals surface area contributed by atoms with Gasteiger partial charge in [-0.1, -0.05) is 18.5 Å². The van der Waals surface area contributed by atoms with Gasteiger partial charge in [0.05, 0.1) is 6.61 Å². The minimum absolute atomic E-state index is 0.140. The van der Waals surface area contributed by atoms with Crippen molar-refractivity contribution in [3.8, 4) is 12.3 Å². The molecule has 0 rings (SSSR count). The Morgan fingerprint density at radius 2 is 2.31 bits per heavy atom. The molecule has 0 atom stereocenters. The number of rotatable bonds is 5. The molecule has 0 aromatic carbocycles. The molecule has 0 aliphatic heterocycles. The van der Waals surface area contributed by atoms with Crippen molar-refractivity contribution in [3.63, 3.8) is 0 Å². The van der Waals surface area contributed by atoms with Gasteiger partial charge >= 0.3 is 5.97 Å². The Labute approximate surface area is 77.9 Å². The summed E-state index contributed by atoms with van der Waals surface area (Å²) in [5.41, 5.74) is -0.140. The van der Waals surface area contributed by atoms with Gasteiger partial charge in [0.1, 0.15) is 7.11 Å². The van der Waals surface area contributed by atoms with Crippen LogP contribution in [0.25, 0.3) is 0 Å². The van der Waals surface area contributed by atoms with Crippen LogP contribution in [0.5, 0.6) is 0 Å². The van der Waals surface area contributed by atoms with E-state index in [-0.39, 0.29) is 5.71 Å². The summed E-state index contributed by atoms with van der Waals surface area (Å²) in [5.74, 6) is 1.47. The zero-order valence-corrected chi connectivity index (χ0v) is 7.87. The quantitative estimate of drug-likeness (QED) is 0.210. The number of unbranched alkanes of at least 4 members (excludes halogenated alkanes) is 1. The highest BCUT2D eigenvalue weighted by Gasteiger charge is 2.10. The first kappa shape index (κ1) is 11.5. The number of ether oxygens (including phenoxy) is 1. The topological polar surface area (TPSA) is 47.9 Å². The number of terminal acetylenes is 1. The van der Waals surface area contributed by atoms with Gasteiger partial charge in [0.25, 0.3) is 0 Å². The fraction of sp³-hybridized carbons (Fsp3) is 0.556. The Morgan fingerprint density at radius 1 is 1.62 bits per heavy atom. The van der Waals surface area contributed by atoms with Crippen molar-refractivity contribution in [2.24, 2.45) is 5.16 Å². The lowest BCUT2D eigenvalue weighted by molar-refractivity contribution is -0.135. The van der Waals surface area contributed by atoms with Crippen molar-refractivity contribution in [1.82, 2.24) is 0 Å². The Hall–Kier alpha value is -1.50. The molecule has 0 heterocycles. The van der Waals surface area contributed by atoms with Gasteiger partial charge in [-0.3, -0.25) is 0 Å². The summed E-state index contributed by atoms with van der Waals surface area (Å²) < 4.78 is 4.80. The van der Waals surface area contributed by atoms with Crippen LogP contribution in [-0.2, 0) is 14.4 Å².